The smallest absolute Gasteiger partial charge is 0.338 e. The molecule has 1 aromatic carbocycles. The number of ether oxygens (including phenoxy) is 2. The Morgan fingerprint density at radius 1 is 1.25 bits per heavy atom. The van der Waals surface area contributed by atoms with Gasteiger partial charge in [-0.2, -0.15) is 0 Å². The second-order valence-corrected chi connectivity index (χ2v) is 2.78. The SMILES string of the molecule is CC.COC(=O)c1ccc(O)c(OC)c1C. The van der Waals surface area contributed by atoms with Gasteiger partial charge in [0.25, 0.3) is 0 Å². The first kappa shape index (κ1) is 14.3. The molecule has 0 saturated carbocycles. The fourth-order valence-corrected chi connectivity index (χ4v) is 1.27. The van der Waals surface area contributed by atoms with Crippen molar-refractivity contribution in [1.29, 1.82) is 0 Å². The van der Waals surface area contributed by atoms with Crippen LogP contribution in [-0.4, -0.2) is 25.3 Å². The van der Waals surface area contributed by atoms with Gasteiger partial charge in [0.1, 0.15) is 0 Å². The first-order chi connectivity index (χ1) is 7.61. The van der Waals surface area contributed by atoms with Crippen molar-refractivity contribution in [2.75, 3.05) is 14.2 Å². The molecular weight excluding hydrogens is 208 g/mol. The number of methoxy groups -OCH3 is 2. The largest absolute Gasteiger partial charge is 0.504 e. The van der Waals surface area contributed by atoms with Gasteiger partial charge in [0.2, 0.25) is 0 Å². The van der Waals surface area contributed by atoms with Gasteiger partial charge in [0, 0.05) is 5.56 Å². The molecule has 4 heteroatoms. The van der Waals surface area contributed by atoms with E-state index in [0.29, 0.717) is 16.9 Å². The van der Waals surface area contributed by atoms with Gasteiger partial charge in [0.05, 0.1) is 19.8 Å². The standard InChI is InChI=1S/C10H12O4.C2H6/c1-6-7(10(12)14-3)4-5-8(11)9(6)13-2;1-2/h4-5,11H,1-3H3;1-2H3. The summed E-state index contributed by atoms with van der Waals surface area (Å²) in [5.74, 6) is -0.133. The Balaban J connectivity index is 0.00000106. The number of benzene rings is 1. The fraction of sp³-hybridized carbons (Fsp3) is 0.417. The van der Waals surface area contributed by atoms with Gasteiger partial charge in [-0.3, -0.25) is 0 Å². The van der Waals surface area contributed by atoms with Crippen molar-refractivity contribution >= 4 is 5.97 Å². The highest BCUT2D eigenvalue weighted by Gasteiger charge is 2.15. The van der Waals surface area contributed by atoms with Gasteiger partial charge in [-0.05, 0) is 19.1 Å². The summed E-state index contributed by atoms with van der Waals surface area (Å²) < 4.78 is 9.53. The lowest BCUT2D eigenvalue weighted by Gasteiger charge is -2.10. The number of hydrogen-bond acceptors (Lipinski definition) is 4. The molecule has 0 aliphatic rings. The molecule has 1 rings (SSSR count). The zero-order chi connectivity index (χ0) is 12.7. The minimum absolute atomic E-state index is 0.0117. The minimum atomic E-state index is -0.444. The second kappa shape index (κ2) is 6.71. The number of esters is 1. The maximum atomic E-state index is 11.3. The van der Waals surface area contributed by atoms with E-state index in [9.17, 15) is 9.90 Å². The van der Waals surface area contributed by atoms with E-state index in [-0.39, 0.29) is 5.75 Å². The summed E-state index contributed by atoms with van der Waals surface area (Å²) in [6.45, 7) is 5.69. The molecule has 0 amide bonds. The number of phenols is 1. The van der Waals surface area contributed by atoms with E-state index in [1.165, 1.54) is 26.4 Å². The Bertz CT molecular complexity index is 358. The average Bonchev–Trinajstić information content (AvgIpc) is 2.31. The summed E-state index contributed by atoms with van der Waals surface area (Å²) in [6, 6.07) is 2.90. The summed E-state index contributed by atoms with van der Waals surface area (Å²) in [5, 5.41) is 9.39. The molecule has 0 unspecified atom stereocenters. The Labute approximate surface area is 95.8 Å². The molecule has 1 aromatic rings. The average molecular weight is 226 g/mol. The summed E-state index contributed by atoms with van der Waals surface area (Å²) in [6.07, 6.45) is 0. The lowest BCUT2D eigenvalue weighted by molar-refractivity contribution is 0.0599. The molecule has 0 radical (unpaired) electrons. The third-order valence-electron chi connectivity index (χ3n) is 1.99. The van der Waals surface area contributed by atoms with Crippen LogP contribution in [0.15, 0.2) is 12.1 Å². The Hall–Kier alpha value is -1.71. The van der Waals surface area contributed by atoms with Crippen LogP contribution in [0, 0.1) is 6.92 Å². The van der Waals surface area contributed by atoms with Gasteiger partial charge < -0.3 is 14.6 Å². The summed E-state index contributed by atoms with van der Waals surface area (Å²) in [7, 11) is 2.74. The second-order valence-electron chi connectivity index (χ2n) is 2.78. The topological polar surface area (TPSA) is 55.8 Å². The van der Waals surface area contributed by atoms with Crippen LogP contribution in [0.1, 0.15) is 29.8 Å². The van der Waals surface area contributed by atoms with Crippen LogP contribution in [0.25, 0.3) is 0 Å². The highest BCUT2D eigenvalue weighted by molar-refractivity contribution is 5.92. The van der Waals surface area contributed by atoms with Gasteiger partial charge in [-0.15, -0.1) is 0 Å². The van der Waals surface area contributed by atoms with E-state index in [1.54, 1.807) is 6.92 Å². The molecule has 0 aromatic heterocycles. The van der Waals surface area contributed by atoms with Crippen molar-refractivity contribution in [3.8, 4) is 11.5 Å². The van der Waals surface area contributed by atoms with Crippen molar-refractivity contribution < 1.29 is 19.4 Å². The van der Waals surface area contributed by atoms with Crippen LogP contribution >= 0.6 is 0 Å². The monoisotopic (exact) mass is 226 g/mol. The molecule has 0 aliphatic carbocycles. The van der Waals surface area contributed by atoms with E-state index in [0.717, 1.165) is 0 Å². The predicted molar refractivity (Wildman–Crippen MR) is 62.1 cm³/mol. The van der Waals surface area contributed by atoms with Crippen molar-refractivity contribution in [2.45, 2.75) is 20.8 Å². The van der Waals surface area contributed by atoms with Gasteiger partial charge in [-0.25, -0.2) is 4.79 Å². The maximum absolute atomic E-state index is 11.3. The molecule has 16 heavy (non-hydrogen) atoms. The molecule has 0 fully saturated rings. The van der Waals surface area contributed by atoms with Crippen LogP contribution in [-0.2, 0) is 4.74 Å². The number of rotatable bonds is 2. The highest BCUT2D eigenvalue weighted by atomic mass is 16.5. The van der Waals surface area contributed by atoms with Crippen molar-refractivity contribution in [1.82, 2.24) is 0 Å². The van der Waals surface area contributed by atoms with Crippen molar-refractivity contribution in [3.63, 3.8) is 0 Å². The number of hydrogen-bond donors (Lipinski definition) is 1. The molecule has 0 heterocycles. The molecule has 90 valence electrons. The van der Waals surface area contributed by atoms with Crippen molar-refractivity contribution in [3.05, 3.63) is 23.3 Å². The maximum Gasteiger partial charge on any atom is 0.338 e. The van der Waals surface area contributed by atoms with E-state index in [1.807, 2.05) is 13.8 Å². The summed E-state index contributed by atoms with van der Waals surface area (Å²) in [5.41, 5.74) is 0.960. The number of aromatic hydroxyl groups is 1. The Morgan fingerprint density at radius 3 is 2.25 bits per heavy atom. The van der Waals surface area contributed by atoms with E-state index < -0.39 is 5.97 Å². The first-order valence-electron chi connectivity index (χ1n) is 5.06. The van der Waals surface area contributed by atoms with Crippen LogP contribution in [0.3, 0.4) is 0 Å². The quantitative estimate of drug-likeness (QED) is 0.787. The number of carbonyl (C=O) groups is 1. The van der Waals surface area contributed by atoms with Gasteiger partial charge in [0.15, 0.2) is 11.5 Å². The van der Waals surface area contributed by atoms with E-state index >= 15 is 0 Å². The Morgan fingerprint density at radius 2 is 1.81 bits per heavy atom. The van der Waals surface area contributed by atoms with Crippen LogP contribution in [0.2, 0.25) is 0 Å². The van der Waals surface area contributed by atoms with Gasteiger partial charge >= 0.3 is 5.97 Å². The van der Waals surface area contributed by atoms with Crippen LogP contribution < -0.4 is 4.74 Å². The lowest BCUT2D eigenvalue weighted by atomic mass is 10.1. The lowest BCUT2D eigenvalue weighted by Crippen LogP contribution is -2.04. The first-order valence-corrected chi connectivity index (χ1v) is 5.06. The third kappa shape index (κ3) is 2.89. The van der Waals surface area contributed by atoms with Crippen molar-refractivity contribution in [2.24, 2.45) is 0 Å². The zero-order valence-corrected chi connectivity index (χ0v) is 10.3. The molecule has 0 saturated heterocycles. The van der Waals surface area contributed by atoms with E-state index in [4.69, 9.17) is 4.74 Å². The van der Waals surface area contributed by atoms with Crippen LogP contribution in [0.5, 0.6) is 11.5 Å². The summed E-state index contributed by atoms with van der Waals surface area (Å²) in [4.78, 5) is 11.3. The molecule has 0 spiro atoms. The molecule has 0 bridgehead atoms. The number of phenolic OH excluding ortho intramolecular Hbond substituents is 1. The number of carbonyl (C=O) groups excluding carboxylic acids is 1. The molecule has 0 aliphatic heterocycles. The van der Waals surface area contributed by atoms with Gasteiger partial charge in [-0.1, -0.05) is 13.8 Å². The van der Waals surface area contributed by atoms with Crippen LogP contribution in [0.4, 0.5) is 0 Å². The third-order valence-corrected chi connectivity index (χ3v) is 1.99. The molecule has 0 atom stereocenters. The summed E-state index contributed by atoms with van der Waals surface area (Å²) >= 11 is 0. The van der Waals surface area contributed by atoms with E-state index in [2.05, 4.69) is 4.74 Å². The normalized spacial score (nSPS) is 8.81. The fourth-order valence-electron chi connectivity index (χ4n) is 1.27. The molecule has 1 N–H and O–H groups in total. The minimum Gasteiger partial charge on any atom is -0.504 e. The predicted octanol–water partition coefficient (Wildman–Crippen LogP) is 2.52. The molecular formula is C12H18O4. The molecule has 4 nitrogen and oxygen atoms in total. The highest BCUT2D eigenvalue weighted by Crippen LogP contribution is 2.31. The Kier molecular flexibility index (Phi) is 6.00. The zero-order valence-electron chi connectivity index (χ0n) is 10.3.